The fourth-order valence-electron chi connectivity index (χ4n) is 1.97. The first kappa shape index (κ1) is 12.2. The van der Waals surface area contributed by atoms with Crippen molar-refractivity contribution in [2.24, 2.45) is 0 Å². The van der Waals surface area contributed by atoms with E-state index in [4.69, 9.17) is 10.4 Å². The third kappa shape index (κ3) is 2.35. The summed E-state index contributed by atoms with van der Waals surface area (Å²) in [4.78, 5) is 13.8. The van der Waals surface area contributed by atoms with Gasteiger partial charge in [-0.15, -0.1) is 0 Å². The molecule has 1 fully saturated rings. The molecule has 1 heterocycles. The number of nitrogens with zero attached hydrogens (tertiary/aromatic N) is 3. The Morgan fingerprint density at radius 1 is 1.33 bits per heavy atom. The molecule has 1 aliphatic heterocycles. The van der Waals surface area contributed by atoms with Gasteiger partial charge in [-0.3, -0.25) is 0 Å². The second-order valence-electron chi connectivity index (χ2n) is 4.03. The SMILES string of the molecule is N#Cc1ccc(N2CCN(C(=O)O)CC2)c(F)c1. The van der Waals surface area contributed by atoms with E-state index >= 15 is 0 Å². The molecule has 94 valence electrons. The van der Waals surface area contributed by atoms with Crippen molar-refractivity contribution in [2.75, 3.05) is 31.1 Å². The number of nitriles is 1. The molecule has 0 bridgehead atoms. The van der Waals surface area contributed by atoms with E-state index in [1.807, 2.05) is 6.07 Å². The lowest BCUT2D eigenvalue weighted by atomic mass is 10.2. The molecule has 2 rings (SSSR count). The molecule has 0 aromatic heterocycles. The first-order chi connectivity index (χ1) is 8.61. The minimum absolute atomic E-state index is 0.278. The highest BCUT2D eigenvalue weighted by Gasteiger charge is 2.22. The fourth-order valence-corrected chi connectivity index (χ4v) is 1.97. The van der Waals surface area contributed by atoms with Crippen molar-refractivity contribution in [3.8, 4) is 6.07 Å². The molecule has 5 nitrogen and oxygen atoms in total. The molecule has 1 amide bonds. The van der Waals surface area contributed by atoms with Crippen LogP contribution in [-0.4, -0.2) is 42.3 Å². The largest absolute Gasteiger partial charge is 0.465 e. The van der Waals surface area contributed by atoms with Crippen LogP contribution in [0.15, 0.2) is 18.2 Å². The summed E-state index contributed by atoms with van der Waals surface area (Å²) >= 11 is 0. The molecule has 18 heavy (non-hydrogen) atoms. The Labute approximate surface area is 104 Å². The molecule has 1 aliphatic rings. The summed E-state index contributed by atoms with van der Waals surface area (Å²) in [6, 6.07) is 6.19. The van der Waals surface area contributed by atoms with Gasteiger partial charge in [0.05, 0.1) is 17.3 Å². The fraction of sp³-hybridized carbons (Fsp3) is 0.333. The van der Waals surface area contributed by atoms with E-state index in [1.165, 1.54) is 11.0 Å². The number of amides is 1. The Hall–Kier alpha value is -2.29. The zero-order chi connectivity index (χ0) is 13.1. The third-order valence-corrected chi connectivity index (χ3v) is 2.97. The van der Waals surface area contributed by atoms with Crippen LogP contribution in [0, 0.1) is 17.1 Å². The predicted octanol–water partition coefficient (Wildman–Crippen LogP) is 1.50. The van der Waals surface area contributed by atoms with Crippen molar-refractivity contribution >= 4 is 11.8 Å². The van der Waals surface area contributed by atoms with Gasteiger partial charge in [0.2, 0.25) is 0 Å². The van der Waals surface area contributed by atoms with Crippen LogP contribution in [0.1, 0.15) is 5.56 Å². The average molecular weight is 249 g/mol. The summed E-state index contributed by atoms with van der Waals surface area (Å²) in [7, 11) is 0. The van der Waals surface area contributed by atoms with Gasteiger partial charge in [0.15, 0.2) is 0 Å². The molecule has 0 spiro atoms. The molecule has 1 saturated heterocycles. The van der Waals surface area contributed by atoms with Crippen LogP contribution < -0.4 is 4.90 Å². The average Bonchev–Trinajstić information content (AvgIpc) is 2.38. The lowest BCUT2D eigenvalue weighted by Gasteiger charge is -2.34. The molecule has 1 aromatic rings. The van der Waals surface area contributed by atoms with Gasteiger partial charge in [-0.1, -0.05) is 0 Å². The maximum atomic E-state index is 13.8. The first-order valence-corrected chi connectivity index (χ1v) is 5.54. The van der Waals surface area contributed by atoms with Crippen molar-refractivity contribution in [1.29, 1.82) is 5.26 Å². The van der Waals surface area contributed by atoms with E-state index in [-0.39, 0.29) is 5.56 Å². The lowest BCUT2D eigenvalue weighted by Crippen LogP contribution is -2.48. The summed E-state index contributed by atoms with van der Waals surface area (Å²) in [5.74, 6) is -0.446. The van der Waals surface area contributed by atoms with Crippen molar-refractivity contribution in [1.82, 2.24) is 4.90 Å². The van der Waals surface area contributed by atoms with Gasteiger partial charge in [0, 0.05) is 26.2 Å². The van der Waals surface area contributed by atoms with Gasteiger partial charge < -0.3 is 14.9 Å². The Morgan fingerprint density at radius 2 is 2.00 bits per heavy atom. The summed E-state index contributed by atoms with van der Waals surface area (Å²) < 4.78 is 13.8. The van der Waals surface area contributed by atoms with Gasteiger partial charge >= 0.3 is 6.09 Å². The Kier molecular flexibility index (Phi) is 3.33. The molecule has 0 unspecified atom stereocenters. The van der Waals surface area contributed by atoms with Gasteiger partial charge in [0.1, 0.15) is 5.82 Å². The Morgan fingerprint density at radius 3 is 2.50 bits per heavy atom. The van der Waals surface area contributed by atoms with Crippen LogP contribution in [0.4, 0.5) is 14.9 Å². The summed E-state index contributed by atoms with van der Waals surface area (Å²) in [6.45, 7) is 1.62. The van der Waals surface area contributed by atoms with E-state index in [0.717, 1.165) is 0 Å². The number of rotatable bonds is 1. The van der Waals surface area contributed by atoms with E-state index < -0.39 is 11.9 Å². The maximum Gasteiger partial charge on any atom is 0.407 e. The van der Waals surface area contributed by atoms with Crippen LogP contribution >= 0.6 is 0 Å². The van der Waals surface area contributed by atoms with Gasteiger partial charge in [-0.05, 0) is 18.2 Å². The number of benzene rings is 1. The summed E-state index contributed by atoms with van der Waals surface area (Å²) in [5, 5.41) is 17.5. The van der Waals surface area contributed by atoms with Crippen molar-refractivity contribution in [2.45, 2.75) is 0 Å². The van der Waals surface area contributed by atoms with Crippen molar-refractivity contribution < 1.29 is 14.3 Å². The number of halogens is 1. The number of carbonyl (C=O) groups is 1. The maximum absolute atomic E-state index is 13.8. The molecule has 0 saturated carbocycles. The second kappa shape index (κ2) is 4.92. The number of carboxylic acid groups (broad SMARTS) is 1. The van der Waals surface area contributed by atoms with Gasteiger partial charge in [-0.25, -0.2) is 9.18 Å². The molecular formula is C12H12FN3O2. The topological polar surface area (TPSA) is 67.6 Å². The van der Waals surface area contributed by atoms with Crippen LogP contribution in [0.25, 0.3) is 0 Å². The molecule has 6 heteroatoms. The zero-order valence-electron chi connectivity index (χ0n) is 9.64. The highest BCUT2D eigenvalue weighted by atomic mass is 19.1. The van der Waals surface area contributed by atoms with E-state index in [1.54, 1.807) is 17.0 Å². The van der Waals surface area contributed by atoms with Crippen LogP contribution in [-0.2, 0) is 0 Å². The molecular weight excluding hydrogens is 237 g/mol. The minimum atomic E-state index is -0.949. The normalized spacial score (nSPS) is 15.3. The smallest absolute Gasteiger partial charge is 0.407 e. The van der Waals surface area contributed by atoms with E-state index in [0.29, 0.717) is 31.9 Å². The Bertz CT molecular complexity index is 505. The molecule has 0 aliphatic carbocycles. The van der Waals surface area contributed by atoms with Gasteiger partial charge in [-0.2, -0.15) is 5.26 Å². The number of piperazine rings is 1. The summed E-state index contributed by atoms with van der Waals surface area (Å²) in [5.41, 5.74) is 0.694. The molecule has 1 aromatic carbocycles. The quantitative estimate of drug-likeness (QED) is 0.819. The molecule has 0 atom stereocenters. The zero-order valence-corrected chi connectivity index (χ0v) is 9.64. The second-order valence-corrected chi connectivity index (χ2v) is 4.03. The van der Waals surface area contributed by atoms with E-state index in [2.05, 4.69) is 0 Å². The van der Waals surface area contributed by atoms with Crippen molar-refractivity contribution in [3.63, 3.8) is 0 Å². The first-order valence-electron chi connectivity index (χ1n) is 5.54. The highest BCUT2D eigenvalue weighted by molar-refractivity contribution is 5.65. The van der Waals surface area contributed by atoms with Crippen LogP contribution in [0.3, 0.4) is 0 Å². The Balaban J connectivity index is 2.10. The number of hydrogen-bond acceptors (Lipinski definition) is 3. The highest BCUT2D eigenvalue weighted by Crippen LogP contribution is 2.21. The summed E-state index contributed by atoms with van der Waals surface area (Å²) in [6.07, 6.45) is -0.949. The van der Waals surface area contributed by atoms with Gasteiger partial charge in [0.25, 0.3) is 0 Å². The molecule has 1 N–H and O–H groups in total. The number of hydrogen-bond donors (Lipinski definition) is 1. The van der Waals surface area contributed by atoms with Crippen LogP contribution in [0.2, 0.25) is 0 Å². The monoisotopic (exact) mass is 249 g/mol. The lowest BCUT2D eigenvalue weighted by molar-refractivity contribution is 0.142. The number of anilines is 1. The predicted molar refractivity (Wildman–Crippen MR) is 62.9 cm³/mol. The van der Waals surface area contributed by atoms with E-state index in [9.17, 15) is 9.18 Å². The third-order valence-electron chi connectivity index (χ3n) is 2.97. The molecule has 0 radical (unpaired) electrons. The minimum Gasteiger partial charge on any atom is -0.465 e. The van der Waals surface area contributed by atoms with Crippen LogP contribution in [0.5, 0.6) is 0 Å². The van der Waals surface area contributed by atoms with Crippen molar-refractivity contribution in [3.05, 3.63) is 29.6 Å². The standard InChI is InChI=1S/C12H12FN3O2/c13-10-7-9(8-14)1-2-11(10)15-3-5-16(6-4-15)12(17)18/h1-2,7H,3-6H2,(H,17,18).